The molecule has 2 aromatic carbocycles. The van der Waals surface area contributed by atoms with Crippen molar-refractivity contribution in [2.45, 2.75) is 0 Å². The lowest BCUT2D eigenvalue weighted by atomic mass is 10.1. The molecule has 0 atom stereocenters. The molecule has 2 amide bonds. The predicted molar refractivity (Wildman–Crippen MR) is 117 cm³/mol. The highest BCUT2D eigenvalue weighted by atomic mass is 35.5. The number of nitro groups is 1. The number of fused-ring (bicyclic) bond motifs is 1. The maximum absolute atomic E-state index is 13.0. The normalized spacial score (nSPS) is 14.5. The number of halogens is 1. The second-order valence-corrected chi connectivity index (χ2v) is 7.69. The fourth-order valence-electron chi connectivity index (χ4n) is 3.63. The average Bonchev–Trinajstić information content (AvgIpc) is 3.18. The van der Waals surface area contributed by atoms with Gasteiger partial charge in [-0.05, 0) is 18.2 Å². The molecule has 9 nitrogen and oxygen atoms in total. The number of hydrogen-bond acceptors (Lipinski definition) is 5. The third-order valence-corrected chi connectivity index (χ3v) is 5.61. The van der Waals surface area contributed by atoms with E-state index >= 15 is 0 Å². The smallest absolute Gasteiger partial charge is 0.270 e. The number of rotatable bonds is 5. The first-order valence-corrected chi connectivity index (χ1v) is 10.1. The number of carbonyl (C=O) groups is 2. The Bertz CT molecular complexity index is 1150. The van der Waals surface area contributed by atoms with Crippen LogP contribution < -0.4 is 5.32 Å². The van der Waals surface area contributed by atoms with Gasteiger partial charge in [-0.2, -0.15) is 0 Å². The van der Waals surface area contributed by atoms with Crippen LogP contribution in [0.15, 0.2) is 48.7 Å². The van der Waals surface area contributed by atoms with E-state index in [1.807, 2.05) is 4.90 Å². The van der Waals surface area contributed by atoms with E-state index in [4.69, 9.17) is 11.6 Å². The second kappa shape index (κ2) is 8.75. The summed E-state index contributed by atoms with van der Waals surface area (Å²) in [7, 11) is 0. The van der Waals surface area contributed by atoms with E-state index in [2.05, 4.69) is 10.3 Å². The Kier molecular flexibility index (Phi) is 5.88. The van der Waals surface area contributed by atoms with Crippen LogP contribution in [-0.4, -0.2) is 64.2 Å². The predicted octanol–water partition coefficient (Wildman–Crippen LogP) is 3.13. The van der Waals surface area contributed by atoms with Crippen LogP contribution in [0.3, 0.4) is 0 Å². The van der Waals surface area contributed by atoms with Crippen molar-refractivity contribution in [3.63, 3.8) is 0 Å². The summed E-state index contributed by atoms with van der Waals surface area (Å²) in [4.78, 5) is 42.5. The molecule has 1 aliphatic rings. The van der Waals surface area contributed by atoms with Crippen LogP contribution in [0.5, 0.6) is 0 Å². The highest BCUT2D eigenvalue weighted by Gasteiger charge is 2.25. The van der Waals surface area contributed by atoms with Crippen LogP contribution in [0.2, 0.25) is 5.02 Å². The fourth-order valence-corrected chi connectivity index (χ4v) is 3.82. The summed E-state index contributed by atoms with van der Waals surface area (Å²) in [6, 6.07) is 11.4. The number of amides is 2. The van der Waals surface area contributed by atoms with E-state index in [0.29, 0.717) is 53.4 Å². The van der Waals surface area contributed by atoms with Crippen LogP contribution in [0.25, 0.3) is 10.9 Å². The number of non-ortho nitro benzene ring substituents is 1. The highest BCUT2D eigenvalue weighted by molar-refractivity contribution is 6.33. The van der Waals surface area contributed by atoms with Gasteiger partial charge in [-0.25, -0.2) is 0 Å². The van der Waals surface area contributed by atoms with Crippen molar-refractivity contribution in [1.29, 1.82) is 0 Å². The Labute approximate surface area is 182 Å². The molecule has 0 unspecified atom stereocenters. The molecule has 3 aromatic rings. The SMILES string of the molecule is O=C(CN1CCN(C(=O)c2c[nH]c3ccc([N+](=O)[O-])cc23)CC1)Nc1ccccc1Cl. The van der Waals surface area contributed by atoms with Gasteiger partial charge >= 0.3 is 0 Å². The number of nitro benzene ring substituents is 1. The van der Waals surface area contributed by atoms with E-state index in [-0.39, 0.29) is 24.0 Å². The van der Waals surface area contributed by atoms with E-state index in [1.54, 1.807) is 41.4 Å². The van der Waals surface area contributed by atoms with Crippen molar-refractivity contribution in [3.05, 3.63) is 69.4 Å². The van der Waals surface area contributed by atoms with Crippen molar-refractivity contribution in [1.82, 2.24) is 14.8 Å². The summed E-state index contributed by atoms with van der Waals surface area (Å²) in [5.74, 6) is -0.358. The molecule has 1 saturated heterocycles. The number of para-hydroxylation sites is 1. The Hall–Kier alpha value is -3.43. The Morgan fingerprint density at radius 3 is 2.58 bits per heavy atom. The highest BCUT2D eigenvalue weighted by Crippen LogP contribution is 2.25. The van der Waals surface area contributed by atoms with Crippen LogP contribution in [0, 0.1) is 10.1 Å². The number of benzene rings is 2. The minimum atomic E-state index is -0.479. The number of nitrogens with zero attached hydrogens (tertiary/aromatic N) is 3. The summed E-state index contributed by atoms with van der Waals surface area (Å²) in [6.45, 7) is 2.21. The largest absolute Gasteiger partial charge is 0.360 e. The monoisotopic (exact) mass is 441 g/mol. The molecular formula is C21H20ClN5O4. The van der Waals surface area contributed by atoms with E-state index in [1.165, 1.54) is 12.1 Å². The second-order valence-electron chi connectivity index (χ2n) is 7.29. The first-order valence-electron chi connectivity index (χ1n) is 9.74. The van der Waals surface area contributed by atoms with Gasteiger partial charge < -0.3 is 15.2 Å². The van der Waals surface area contributed by atoms with E-state index in [0.717, 1.165) is 0 Å². The minimum absolute atomic E-state index is 0.0597. The number of nitrogens with one attached hydrogen (secondary N) is 2. The van der Waals surface area contributed by atoms with Gasteiger partial charge in [0.2, 0.25) is 5.91 Å². The first-order chi connectivity index (χ1) is 14.9. The van der Waals surface area contributed by atoms with Gasteiger partial charge in [0.1, 0.15) is 0 Å². The molecule has 2 N–H and O–H groups in total. The summed E-state index contributed by atoms with van der Waals surface area (Å²) in [5.41, 5.74) is 1.58. The van der Waals surface area contributed by atoms with Gasteiger partial charge in [-0.3, -0.25) is 24.6 Å². The molecule has 1 fully saturated rings. The zero-order valence-corrected chi connectivity index (χ0v) is 17.3. The summed E-state index contributed by atoms with van der Waals surface area (Å²) in [5, 5.41) is 14.9. The molecule has 10 heteroatoms. The summed E-state index contributed by atoms with van der Waals surface area (Å²) in [6.07, 6.45) is 1.58. The molecule has 0 aliphatic carbocycles. The quantitative estimate of drug-likeness (QED) is 0.466. The number of H-pyrrole nitrogens is 1. The van der Waals surface area contributed by atoms with Crippen LogP contribution in [0.4, 0.5) is 11.4 Å². The topological polar surface area (TPSA) is 112 Å². The molecule has 0 bridgehead atoms. The third kappa shape index (κ3) is 4.52. The fraction of sp³-hybridized carbons (Fsp3) is 0.238. The van der Waals surface area contributed by atoms with Gasteiger partial charge in [-0.15, -0.1) is 0 Å². The zero-order valence-electron chi connectivity index (χ0n) is 16.5. The van der Waals surface area contributed by atoms with Crippen LogP contribution in [0.1, 0.15) is 10.4 Å². The van der Waals surface area contributed by atoms with Gasteiger partial charge in [0.25, 0.3) is 11.6 Å². The molecule has 160 valence electrons. The zero-order chi connectivity index (χ0) is 22.0. The molecule has 1 aliphatic heterocycles. The summed E-state index contributed by atoms with van der Waals surface area (Å²) >= 11 is 6.07. The summed E-state index contributed by atoms with van der Waals surface area (Å²) < 4.78 is 0. The lowest BCUT2D eigenvalue weighted by Gasteiger charge is -2.34. The number of carbonyl (C=O) groups excluding carboxylic acids is 2. The number of aromatic nitrogens is 1. The number of aromatic amines is 1. The third-order valence-electron chi connectivity index (χ3n) is 5.28. The molecule has 0 radical (unpaired) electrons. The molecule has 4 rings (SSSR count). The van der Waals surface area contributed by atoms with Crippen molar-refractivity contribution in [2.75, 3.05) is 38.0 Å². The lowest BCUT2D eigenvalue weighted by molar-refractivity contribution is -0.384. The van der Waals surface area contributed by atoms with Crippen LogP contribution >= 0.6 is 11.6 Å². The molecular weight excluding hydrogens is 422 g/mol. The number of anilines is 1. The lowest BCUT2D eigenvalue weighted by Crippen LogP contribution is -2.50. The van der Waals surface area contributed by atoms with Gasteiger partial charge in [0.15, 0.2) is 0 Å². The van der Waals surface area contributed by atoms with Gasteiger partial charge in [0, 0.05) is 55.4 Å². The molecule has 31 heavy (non-hydrogen) atoms. The Morgan fingerprint density at radius 1 is 1.13 bits per heavy atom. The van der Waals surface area contributed by atoms with Crippen molar-refractivity contribution < 1.29 is 14.5 Å². The minimum Gasteiger partial charge on any atom is -0.360 e. The average molecular weight is 442 g/mol. The standard InChI is InChI=1S/C21H20ClN5O4/c22-17-3-1-2-4-19(17)24-20(28)13-25-7-9-26(10-8-25)21(29)16-12-23-18-6-5-14(27(30)31)11-15(16)18/h1-6,11-12,23H,7-10,13H2,(H,24,28). The molecule has 1 aromatic heterocycles. The number of piperazine rings is 1. The van der Waals surface area contributed by atoms with Crippen molar-refractivity contribution in [3.8, 4) is 0 Å². The van der Waals surface area contributed by atoms with Gasteiger partial charge in [0.05, 0.1) is 27.7 Å². The Balaban J connectivity index is 1.36. The maximum atomic E-state index is 13.0. The van der Waals surface area contributed by atoms with Crippen molar-refractivity contribution in [2.24, 2.45) is 0 Å². The maximum Gasteiger partial charge on any atom is 0.270 e. The molecule has 0 spiro atoms. The van der Waals surface area contributed by atoms with E-state index < -0.39 is 4.92 Å². The number of hydrogen-bond donors (Lipinski definition) is 2. The Morgan fingerprint density at radius 2 is 1.87 bits per heavy atom. The first kappa shape index (κ1) is 20.8. The van der Waals surface area contributed by atoms with Crippen LogP contribution in [-0.2, 0) is 4.79 Å². The molecule has 2 heterocycles. The van der Waals surface area contributed by atoms with Gasteiger partial charge in [-0.1, -0.05) is 23.7 Å². The van der Waals surface area contributed by atoms with Crippen molar-refractivity contribution >= 4 is 45.7 Å². The van der Waals surface area contributed by atoms with E-state index in [9.17, 15) is 19.7 Å². The molecule has 0 saturated carbocycles.